The molecule has 8 nitrogen and oxygen atoms in total. The van der Waals surface area contributed by atoms with Gasteiger partial charge in [0.1, 0.15) is 5.76 Å². The number of ether oxygens (including phenoxy) is 1. The maximum absolute atomic E-state index is 12.8. The topological polar surface area (TPSA) is 97.3 Å². The first-order chi connectivity index (χ1) is 13.1. The number of nitrogens with one attached hydrogen (secondary N) is 1. The maximum atomic E-state index is 12.8. The molecule has 0 aromatic carbocycles. The number of nitrogens with zero attached hydrogens (tertiary/aromatic N) is 2. The van der Waals surface area contributed by atoms with Crippen LogP contribution in [0.2, 0.25) is 0 Å². The highest BCUT2D eigenvalue weighted by Gasteiger charge is 2.30. The second-order valence-corrected chi connectivity index (χ2v) is 6.59. The lowest BCUT2D eigenvalue weighted by molar-refractivity contribution is 0.0281. The second kappa shape index (κ2) is 7.40. The zero-order valence-electron chi connectivity index (χ0n) is 15.1. The summed E-state index contributed by atoms with van der Waals surface area (Å²) in [7, 11) is 0. The summed E-state index contributed by atoms with van der Waals surface area (Å²) in [4.78, 5) is 26.6. The van der Waals surface area contributed by atoms with Crippen LogP contribution in [0.5, 0.6) is 0 Å². The van der Waals surface area contributed by atoms with Gasteiger partial charge in [0.05, 0.1) is 25.2 Å². The summed E-state index contributed by atoms with van der Waals surface area (Å²) < 4.78 is 16.3. The molecule has 0 saturated carbocycles. The number of rotatable bonds is 3. The number of carbonyl (C=O) groups is 2. The van der Waals surface area contributed by atoms with E-state index in [1.54, 1.807) is 17.0 Å². The van der Waals surface area contributed by atoms with Gasteiger partial charge in [-0.05, 0) is 31.9 Å². The van der Waals surface area contributed by atoms with E-state index in [4.69, 9.17) is 13.6 Å². The molecule has 0 bridgehead atoms. The van der Waals surface area contributed by atoms with E-state index >= 15 is 0 Å². The average molecular weight is 371 g/mol. The molecule has 2 aromatic rings. The molecule has 1 saturated heterocycles. The van der Waals surface area contributed by atoms with Gasteiger partial charge in [0.2, 0.25) is 0 Å². The zero-order chi connectivity index (χ0) is 18.8. The van der Waals surface area contributed by atoms with Crippen LogP contribution in [0.4, 0.5) is 0 Å². The van der Waals surface area contributed by atoms with Crippen LogP contribution in [0.1, 0.15) is 50.8 Å². The fourth-order valence-corrected chi connectivity index (χ4v) is 3.48. The van der Waals surface area contributed by atoms with Gasteiger partial charge in [-0.15, -0.1) is 0 Å². The van der Waals surface area contributed by atoms with E-state index < -0.39 is 5.91 Å². The first-order valence-corrected chi connectivity index (χ1v) is 9.05. The molecule has 3 heterocycles. The lowest BCUT2D eigenvalue weighted by Crippen LogP contribution is -2.40. The fraction of sp³-hybridized carbons (Fsp3) is 0.421. The summed E-state index contributed by atoms with van der Waals surface area (Å²) in [5.74, 6) is 0.771. The molecule has 2 amide bonds. The Morgan fingerprint density at radius 3 is 2.78 bits per heavy atom. The summed E-state index contributed by atoms with van der Waals surface area (Å²) >= 11 is 0. The van der Waals surface area contributed by atoms with Crippen LogP contribution >= 0.6 is 0 Å². The first kappa shape index (κ1) is 17.5. The molecule has 1 N–H and O–H groups in total. The predicted molar refractivity (Wildman–Crippen MR) is 95.8 cm³/mol. The normalized spacial score (nSPS) is 18.4. The first-order valence-electron chi connectivity index (χ1n) is 9.05. The van der Waals surface area contributed by atoms with E-state index in [1.165, 1.54) is 6.26 Å². The molecule has 0 unspecified atom stereocenters. The van der Waals surface area contributed by atoms with Crippen molar-refractivity contribution in [2.75, 3.05) is 26.3 Å². The van der Waals surface area contributed by atoms with Crippen molar-refractivity contribution in [2.24, 2.45) is 5.10 Å². The standard InChI is InChI=1S/C19H21N3O5/c1-12-16-13(20-21-18(23)15-6-3-9-26-15)4-2-5-14(16)27-17(12)19(24)22-7-10-25-11-8-22/h3,6,9H,2,4-5,7-8,10-11H2,1H3,(H,21,23)/b20-13+. The van der Waals surface area contributed by atoms with Gasteiger partial charge in [-0.2, -0.15) is 5.10 Å². The Morgan fingerprint density at radius 1 is 1.22 bits per heavy atom. The lowest BCUT2D eigenvalue weighted by Gasteiger charge is -2.26. The van der Waals surface area contributed by atoms with E-state index in [-0.39, 0.29) is 11.7 Å². The van der Waals surface area contributed by atoms with Gasteiger partial charge in [0.25, 0.3) is 5.91 Å². The van der Waals surface area contributed by atoms with Crippen LogP contribution in [0.15, 0.2) is 32.3 Å². The molecule has 0 atom stereocenters. The van der Waals surface area contributed by atoms with Gasteiger partial charge in [0, 0.05) is 30.6 Å². The van der Waals surface area contributed by atoms with Crippen molar-refractivity contribution in [3.8, 4) is 0 Å². The molecule has 8 heteroatoms. The highest BCUT2D eigenvalue weighted by molar-refractivity contribution is 6.07. The SMILES string of the molecule is Cc1c(C(=O)N2CCOCC2)oc2c1/C(=N/NC(=O)c1ccco1)CCC2. The van der Waals surface area contributed by atoms with Gasteiger partial charge < -0.3 is 18.5 Å². The van der Waals surface area contributed by atoms with Gasteiger partial charge in [-0.3, -0.25) is 9.59 Å². The Balaban J connectivity index is 1.58. The van der Waals surface area contributed by atoms with Crippen LogP contribution in [0, 0.1) is 6.92 Å². The zero-order valence-corrected chi connectivity index (χ0v) is 15.1. The van der Waals surface area contributed by atoms with E-state index in [9.17, 15) is 9.59 Å². The van der Waals surface area contributed by atoms with Gasteiger partial charge >= 0.3 is 5.91 Å². The molecule has 4 rings (SSSR count). The van der Waals surface area contributed by atoms with Crippen LogP contribution in [0.3, 0.4) is 0 Å². The largest absolute Gasteiger partial charge is 0.459 e. The van der Waals surface area contributed by atoms with Gasteiger partial charge in [-0.25, -0.2) is 5.43 Å². The highest BCUT2D eigenvalue weighted by atomic mass is 16.5. The number of hydrogen-bond acceptors (Lipinski definition) is 6. The van der Waals surface area contributed by atoms with E-state index in [0.29, 0.717) is 38.5 Å². The third-order valence-corrected chi connectivity index (χ3v) is 4.86. The molecule has 0 spiro atoms. The number of carbonyl (C=O) groups excluding carboxylic acids is 2. The smallest absolute Gasteiger partial charge is 0.307 e. The minimum Gasteiger partial charge on any atom is -0.459 e. The minimum absolute atomic E-state index is 0.121. The van der Waals surface area contributed by atoms with E-state index in [2.05, 4.69) is 10.5 Å². The third kappa shape index (κ3) is 3.40. The Labute approximate surface area is 156 Å². The molecule has 1 fully saturated rings. The molecule has 0 radical (unpaired) electrons. The number of hydrazone groups is 1. The molecular formula is C19H21N3O5. The number of hydrogen-bond donors (Lipinski definition) is 1. The number of furan rings is 2. The Kier molecular flexibility index (Phi) is 4.81. The predicted octanol–water partition coefficient (Wildman–Crippen LogP) is 2.12. The van der Waals surface area contributed by atoms with Gasteiger partial charge in [-0.1, -0.05) is 0 Å². The molecule has 1 aliphatic heterocycles. The van der Waals surface area contributed by atoms with Crippen LogP contribution in [-0.2, 0) is 11.2 Å². The van der Waals surface area contributed by atoms with Crippen molar-refractivity contribution in [1.29, 1.82) is 0 Å². The lowest BCUT2D eigenvalue weighted by atomic mass is 9.93. The minimum atomic E-state index is -0.412. The van der Waals surface area contributed by atoms with Crippen molar-refractivity contribution in [2.45, 2.75) is 26.2 Å². The number of aryl methyl sites for hydroxylation is 1. The van der Waals surface area contributed by atoms with Crippen LogP contribution in [0.25, 0.3) is 0 Å². The summed E-state index contributed by atoms with van der Waals surface area (Å²) in [6, 6.07) is 3.22. The molecule has 1 aliphatic carbocycles. The van der Waals surface area contributed by atoms with E-state index in [0.717, 1.165) is 35.4 Å². The van der Waals surface area contributed by atoms with Crippen molar-refractivity contribution in [3.05, 3.63) is 46.8 Å². The number of amides is 2. The van der Waals surface area contributed by atoms with Crippen LogP contribution in [-0.4, -0.2) is 48.7 Å². The van der Waals surface area contributed by atoms with Crippen molar-refractivity contribution >= 4 is 17.5 Å². The Morgan fingerprint density at radius 2 is 2.04 bits per heavy atom. The van der Waals surface area contributed by atoms with E-state index in [1.807, 2.05) is 6.92 Å². The Hall–Kier alpha value is -2.87. The molecule has 2 aromatic heterocycles. The molecule has 2 aliphatic rings. The summed E-state index contributed by atoms with van der Waals surface area (Å²) in [6.07, 6.45) is 3.74. The van der Waals surface area contributed by atoms with Crippen molar-refractivity contribution in [3.63, 3.8) is 0 Å². The number of morpholine rings is 1. The van der Waals surface area contributed by atoms with Crippen LogP contribution < -0.4 is 5.43 Å². The second-order valence-electron chi connectivity index (χ2n) is 6.59. The molecular weight excluding hydrogens is 350 g/mol. The van der Waals surface area contributed by atoms with Crippen molar-refractivity contribution in [1.82, 2.24) is 10.3 Å². The summed E-state index contributed by atoms with van der Waals surface area (Å²) in [5, 5.41) is 4.28. The van der Waals surface area contributed by atoms with Crippen molar-refractivity contribution < 1.29 is 23.2 Å². The monoisotopic (exact) mass is 371 g/mol. The van der Waals surface area contributed by atoms with Gasteiger partial charge in [0.15, 0.2) is 11.5 Å². The quantitative estimate of drug-likeness (QED) is 0.834. The fourth-order valence-electron chi connectivity index (χ4n) is 3.48. The third-order valence-electron chi connectivity index (χ3n) is 4.86. The molecule has 27 heavy (non-hydrogen) atoms. The maximum Gasteiger partial charge on any atom is 0.307 e. The summed E-state index contributed by atoms with van der Waals surface area (Å²) in [5.41, 5.74) is 4.85. The Bertz CT molecular complexity index is 876. The molecule has 142 valence electrons. The number of fused-ring (bicyclic) bond motifs is 1. The average Bonchev–Trinajstić information content (AvgIpc) is 3.35. The highest BCUT2D eigenvalue weighted by Crippen LogP contribution is 2.30. The summed E-state index contributed by atoms with van der Waals surface area (Å²) in [6.45, 7) is 4.06.